The molecule has 1 atom stereocenters. The number of halogens is 1. The van der Waals surface area contributed by atoms with Crippen LogP contribution in [-0.2, 0) is 6.54 Å². The van der Waals surface area contributed by atoms with Crippen molar-refractivity contribution in [2.45, 2.75) is 26.4 Å². The van der Waals surface area contributed by atoms with Gasteiger partial charge in [-0.2, -0.15) is 0 Å². The van der Waals surface area contributed by atoms with E-state index in [2.05, 4.69) is 52.5 Å². The minimum Gasteiger partial charge on any atom is -0.314 e. The Morgan fingerprint density at radius 3 is 2.95 bits per heavy atom. The summed E-state index contributed by atoms with van der Waals surface area (Å²) < 4.78 is 0. The normalized spacial score (nSPS) is 19.8. The van der Waals surface area contributed by atoms with Gasteiger partial charge < -0.3 is 5.32 Å². The number of aryl methyl sites for hydroxylation is 1. The molecule has 0 aliphatic carbocycles. The number of hydrogen-bond acceptors (Lipinski definition) is 3. The van der Waals surface area contributed by atoms with Gasteiger partial charge in [0.25, 0.3) is 0 Å². The largest absolute Gasteiger partial charge is 0.314 e. The van der Waals surface area contributed by atoms with E-state index in [4.69, 9.17) is 0 Å². The zero-order valence-electron chi connectivity index (χ0n) is 12.1. The highest BCUT2D eigenvalue weighted by atomic mass is 35.5. The van der Waals surface area contributed by atoms with Crippen molar-refractivity contribution in [1.82, 2.24) is 15.2 Å². The fraction of sp³-hybridized carbons (Fsp3) is 0.438. The summed E-state index contributed by atoms with van der Waals surface area (Å²) >= 11 is 0. The molecule has 0 saturated carbocycles. The third-order valence-corrected chi connectivity index (χ3v) is 3.92. The van der Waals surface area contributed by atoms with Gasteiger partial charge in [0, 0.05) is 43.3 Å². The number of piperazine rings is 1. The van der Waals surface area contributed by atoms with Gasteiger partial charge in [-0.05, 0) is 37.6 Å². The first-order chi connectivity index (χ1) is 9.22. The first-order valence-electron chi connectivity index (χ1n) is 7.03. The second kappa shape index (κ2) is 6.53. The van der Waals surface area contributed by atoms with Gasteiger partial charge in [0.05, 0.1) is 5.52 Å². The molecule has 2 aromatic rings. The van der Waals surface area contributed by atoms with Gasteiger partial charge in [-0.1, -0.05) is 12.1 Å². The van der Waals surface area contributed by atoms with Crippen LogP contribution >= 0.6 is 12.4 Å². The van der Waals surface area contributed by atoms with Crippen molar-refractivity contribution in [3.8, 4) is 0 Å². The molecule has 1 fully saturated rings. The topological polar surface area (TPSA) is 28.2 Å². The minimum atomic E-state index is 0. The molecular weight excluding hydrogens is 270 g/mol. The van der Waals surface area contributed by atoms with Gasteiger partial charge in [-0.25, -0.2) is 0 Å². The lowest BCUT2D eigenvalue weighted by molar-refractivity contribution is 0.165. The molecule has 1 saturated heterocycles. The van der Waals surface area contributed by atoms with Crippen molar-refractivity contribution in [1.29, 1.82) is 0 Å². The van der Waals surface area contributed by atoms with Gasteiger partial charge in [-0.15, -0.1) is 12.4 Å². The highest BCUT2D eigenvalue weighted by Crippen LogP contribution is 2.17. The highest BCUT2D eigenvalue weighted by Gasteiger charge is 2.17. The lowest BCUT2D eigenvalue weighted by Gasteiger charge is -2.33. The molecule has 2 heterocycles. The van der Waals surface area contributed by atoms with Gasteiger partial charge in [-0.3, -0.25) is 9.88 Å². The molecule has 1 unspecified atom stereocenters. The summed E-state index contributed by atoms with van der Waals surface area (Å²) in [5, 5.41) is 4.68. The van der Waals surface area contributed by atoms with Crippen molar-refractivity contribution >= 4 is 23.3 Å². The van der Waals surface area contributed by atoms with Crippen molar-refractivity contribution < 1.29 is 0 Å². The lowest BCUT2D eigenvalue weighted by atomic mass is 10.1. The Balaban J connectivity index is 0.00000147. The molecule has 0 radical (unpaired) electrons. The maximum absolute atomic E-state index is 4.55. The van der Waals surface area contributed by atoms with Crippen molar-refractivity contribution in [3.05, 3.63) is 41.6 Å². The average Bonchev–Trinajstić information content (AvgIpc) is 2.41. The molecule has 1 aromatic heterocycles. The Hall–Kier alpha value is -1.16. The smallest absolute Gasteiger partial charge is 0.0705 e. The lowest BCUT2D eigenvalue weighted by Crippen LogP contribution is -2.49. The third kappa shape index (κ3) is 3.29. The Kier molecular flexibility index (Phi) is 4.97. The summed E-state index contributed by atoms with van der Waals surface area (Å²) in [6, 6.07) is 11.5. The van der Waals surface area contributed by atoms with E-state index >= 15 is 0 Å². The molecule has 1 N–H and O–H groups in total. The summed E-state index contributed by atoms with van der Waals surface area (Å²) in [5.41, 5.74) is 3.56. The van der Waals surface area contributed by atoms with E-state index in [1.54, 1.807) is 0 Å². The zero-order chi connectivity index (χ0) is 13.2. The number of rotatable bonds is 2. The second-order valence-corrected chi connectivity index (χ2v) is 5.50. The summed E-state index contributed by atoms with van der Waals surface area (Å²) in [7, 11) is 0. The van der Waals surface area contributed by atoms with E-state index < -0.39 is 0 Å². The third-order valence-electron chi connectivity index (χ3n) is 3.92. The quantitative estimate of drug-likeness (QED) is 0.922. The summed E-state index contributed by atoms with van der Waals surface area (Å²) in [5.74, 6) is 0. The molecule has 20 heavy (non-hydrogen) atoms. The van der Waals surface area contributed by atoms with E-state index in [9.17, 15) is 0 Å². The summed E-state index contributed by atoms with van der Waals surface area (Å²) in [4.78, 5) is 7.10. The predicted octanol–water partition coefficient (Wildman–Crippen LogP) is 2.76. The van der Waals surface area contributed by atoms with E-state index in [1.807, 2.05) is 6.92 Å². The van der Waals surface area contributed by atoms with Crippen LogP contribution in [0.5, 0.6) is 0 Å². The molecule has 1 aromatic carbocycles. The molecule has 1 aliphatic heterocycles. The van der Waals surface area contributed by atoms with E-state index in [0.717, 1.165) is 37.4 Å². The SMILES string of the molecule is Cc1ccc2cc(CN3CCNCC3C)ccc2n1.Cl. The standard InChI is InChI=1S/C16H21N3.ClH/c1-12-3-5-15-9-14(4-6-16(15)18-12)11-19-8-7-17-10-13(19)2;/h3-6,9,13,17H,7-8,10-11H2,1-2H3;1H. The molecule has 3 nitrogen and oxygen atoms in total. The van der Waals surface area contributed by atoms with Crippen LogP contribution in [0.15, 0.2) is 30.3 Å². The molecule has 0 spiro atoms. The van der Waals surface area contributed by atoms with Crippen molar-refractivity contribution in [2.24, 2.45) is 0 Å². The number of hydrogen-bond donors (Lipinski definition) is 1. The van der Waals surface area contributed by atoms with Crippen LogP contribution < -0.4 is 5.32 Å². The van der Waals surface area contributed by atoms with E-state index in [0.29, 0.717) is 6.04 Å². The molecule has 4 heteroatoms. The predicted molar refractivity (Wildman–Crippen MR) is 86.5 cm³/mol. The van der Waals surface area contributed by atoms with Gasteiger partial charge in [0.15, 0.2) is 0 Å². The number of benzene rings is 1. The van der Waals surface area contributed by atoms with E-state index in [1.165, 1.54) is 10.9 Å². The molecule has 0 amide bonds. The minimum absolute atomic E-state index is 0. The number of pyridine rings is 1. The maximum Gasteiger partial charge on any atom is 0.0705 e. The van der Waals surface area contributed by atoms with Crippen LogP contribution in [0.2, 0.25) is 0 Å². The Bertz CT molecular complexity index is 585. The van der Waals surface area contributed by atoms with Crippen LogP contribution in [0.25, 0.3) is 10.9 Å². The molecule has 108 valence electrons. The second-order valence-electron chi connectivity index (χ2n) is 5.50. The van der Waals surface area contributed by atoms with Gasteiger partial charge in [0.2, 0.25) is 0 Å². The fourth-order valence-corrected chi connectivity index (χ4v) is 2.73. The molecule has 3 rings (SSSR count). The monoisotopic (exact) mass is 291 g/mol. The van der Waals surface area contributed by atoms with Crippen molar-refractivity contribution in [3.63, 3.8) is 0 Å². The number of nitrogens with one attached hydrogen (secondary N) is 1. The highest BCUT2D eigenvalue weighted by molar-refractivity contribution is 5.85. The van der Waals surface area contributed by atoms with Crippen LogP contribution in [0, 0.1) is 6.92 Å². The summed E-state index contributed by atoms with van der Waals surface area (Å²) in [6.07, 6.45) is 0. The number of nitrogens with zero attached hydrogens (tertiary/aromatic N) is 2. The average molecular weight is 292 g/mol. The van der Waals surface area contributed by atoms with Gasteiger partial charge in [0.1, 0.15) is 0 Å². The first kappa shape index (κ1) is 15.2. The fourth-order valence-electron chi connectivity index (χ4n) is 2.73. The van der Waals surface area contributed by atoms with Crippen LogP contribution in [-0.4, -0.2) is 35.6 Å². The van der Waals surface area contributed by atoms with Crippen molar-refractivity contribution in [2.75, 3.05) is 19.6 Å². The number of aromatic nitrogens is 1. The Labute approximate surface area is 126 Å². The van der Waals surface area contributed by atoms with Crippen LogP contribution in [0.1, 0.15) is 18.2 Å². The number of fused-ring (bicyclic) bond motifs is 1. The van der Waals surface area contributed by atoms with Crippen LogP contribution in [0.4, 0.5) is 0 Å². The first-order valence-corrected chi connectivity index (χ1v) is 7.03. The summed E-state index contributed by atoms with van der Waals surface area (Å²) in [6.45, 7) is 8.68. The zero-order valence-corrected chi connectivity index (χ0v) is 12.9. The van der Waals surface area contributed by atoms with Gasteiger partial charge >= 0.3 is 0 Å². The Morgan fingerprint density at radius 2 is 2.15 bits per heavy atom. The molecule has 1 aliphatic rings. The van der Waals surface area contributed by atoms with E-state index in [-0.39, 0.29) is 12.4 Å². The molecule has 0 bridgehead atoms. The molecular formula is C16H22ClN3. The Morgan fingerprint density at radius 1 is 1.30 bits per heavy atom. The van der Waals surface area contributed by atoms with Crippen LogP contribution in [0.3, 0.4) is 0 Å². The maximum atomic E-state index is 4.55.